The van der Waals surface area contributed by atoms with Crippen molar-refractivity contribution >= 4 is 34.6 Å². The van der Waals surface area contributed by atoms with Gasteiger partial charge >= 0.3 is 0 Å². The molecule has 0 spiro atoms. The summed E-state index contributed by atoms with van der Waals surface area (Å²) >= 11 is 12.5. The lowest BCUT2D eigenvalue weighted by Crippen LogP contribution is -2.51. The van der Waals surface area contributed by atoms with Gasteiger partial charge in [0.1, 0.15) is 11.2 Å². The third-order valence-corrected chi connectivity index (χ3v) is 7.22. The molecule has 0 fully saturated rings. The van der Waals surface area contributed by atoms with Crippen LogP contribution in [0, 0.1) is 0 Å². The fourth-order valence-electron chi connectivity index (χ4n) is 5.42. The molecule has 2 atom stereocenters. The molecule has 6 rings (SSSR count). The summed E-state index contributed by atoms with van der Waals surface area (Å²) in [4.78, 5) is 14.2. The molecule has 0 unspecified atom stereocenters. The van der Waals surface area contributed by atoms with Crippen molar-refractivity contribution in [1.82, 2.24) is 0 Å². The maximum absolute atomic E-state index is 14.2. The van der Waals surface area contributed by atoms with E-state index in [-0.39, 0.29) is 5.78 Å². The average Bonchev–Trinajstić information content (AvgIpc) is 3.29. The summed E-state index contributed by atoms with van der Waals surface area (Å²) in [5.74, 6) is 0.667. The Morgan fingerprint density at radius 1 is 0.636 bits per heavy atom. The zero-order valence-electron chi connectivity index (χ0n) is 17.5. The number of carbonyl (C=O) groups excluding carboxylic acids is 1. The smallest absolute Gasteiger partial charge is 0.181 e. The molecule has 160 valence electrons. The van der Waals surface area contributed by atoms with Crippen LogP contribution in [0.5, 0.6) is 5.75 Å². The van der Waals surface area contributed by atoms with Crippen LogP contribution in [0.15, 0.2) is 109 Å². The van der Waals surface area contributed by atoms with E-state index in [1.807, 2.05) is 103 Å². The lowest BCUT2D eigenvalue weighted by atomic mass is 9.61. The lowest BCUT2D eigenvalue weighted by Gasteiger charge is -2.41. The fourth-order valence-corrected chi connectivity index (χ4v) is 5.67. The number of ether oxygens (including phenoxy) is 1. The summed E-state index contributed by atoms with van der Waals surface area (Å²) < 4.78 is 6.90. The van der Waals surface area contributed by atoms with Gasteiger partial charge in [-0.05, 0) is 47.5 Å². The van der Waals surface area contributed by atoms with Crippen molar-refractivity contribution in [3.05, 3.63) is 142 Å². The van der Waals surface area contributed by atoms with E-state index >= 15 is 0 Å². The van der Waals surface area contributed by atoms with E-state index < -0.39 is 11.0 Å². The maximum Gasteiger partial charge on any atom is 0.181 e. The summed E-state index contributed by atoms with van der Waals surface area (Å²) in [6.07, 6.45) is 1.74. The topological polar surface area (TPSA) is 26.3 Å². The second-order valence-corrected chi connectivity index (χ2v) is 9.20. The number of hydrogen-bond acceptors (Lipinski definition) is 2. The van der Waals surface area contributed by atoms with Crippen LogP contribution in [0.1, 0.15) is 22.3 Å². The number of ketones is 1. The highest BCUT2D eigenvalue weighted by atomic mass is 35.5. The Morgan fingerprint density at radius 3 is 1.88 bits per heavy atom. The van der Waals surface area contributed by atoms with Gasteiger partial charge in [0.25, 0.3) is 0 Å². The average molecular weight is 469 g/mol. The minimum Gasteiger partial charge on any atom is -0.476 e. The minimum atomic E-state index is -1.10. The van der Waals surface area contributed by atoms with E-state index in [1.165, 1.54) is 0 Å². The van der Waals surface area contributed by atoms with Crippen LogP contribution < -0.4 is 4.74 Å². The van der Waals surface area contributed by atoms with Gasteiger partial charge < -0.3 is 4.74 Å². The van der Waals surface area contributed by atoms with Gasteiger partial charge in [-0.1, -0.05) is 96.0 Å². The van der Waals surface area contributed by atoms with Crippen molar-refractivity contribution in [2.24, 2.45) is 0 Å². The number of allylic oxidation sites excluding steroid dienone is 1. The third kappa shape index (κ3) is 2.65. The molecular weight excluding hydrogens is 451 g/mol. The summed E-state index contributed by atoms with van der Waals surface area (Å²) in [6, 6.07) is 32.8. The van der Waals surface area contributed by atoms with Gasteiger partial charge in [0.05, 0.1) is 0 Å². The van der Waals surface area contributed by atoms with E-state index in [1.54, 1.807) is 6.08 Å². The summed E-state index contributed by atoms with van der Waals surface area (Å²) in [6.45, 7) is 0. The largest absolute Gasteiger partial charge is 0.476 e. The first-order valence-electron chi connectivity index (χ1n) is 10.7. The lowest BCUT2D eigenvalue weighted by molar-refractivity contribution is -0.120. The number of para-hydroxylation sites is 1. The van der Waals surface area contributed by atoms with Gasteiger partial charge in [-0.25, -0.2) is 0 Å². The summed E-state index contributed by atoms with van der Waals surface area (Å²) in [5.41, 5.74) is 2.08. The van der Waals surface area contributed by atoms with E-state index in [4.69, 9.17) is 27.9 Å². The Kier molecular flexibility index (Phi) is 4.52. The highest BCUT2D eigenvalue weighted by Gasteiger charge is 2.70. The molecule has 0 bridgehead atoms. The van der Waals surface area contributed by atoms with Crippen LogP contribution >= 0.6 is 23.2 Å². The van der Waals surface area contributed by atoms with Gasteiger partial charge in [0.2, 0.25) is 0 Å². The normalized spacial score (nSPS) is 23.0. The van der Waals surface area contributed by atoms with Crippen LogP contribution in [0.25, 0.3) is 5.57 Å². The molecule has 0 saturated carbocycles. The molecule has 0 N–H and O–H groups in total. The zero-order chi connectivity index (χ0) is 22.6. The molecule has 1 heterocycles. The number of carbonyl (C=O) groups is 1. The van der Waals surface area contributed by atoms with Crippen molar-refractivity contribution in [1.29, 1.82) is 0 Å². The highest BCUT2D eigenvalue weighted by Crippen LogP contribution is 2.66. The minimum absolute atomic E-state index is 0.0245. The maximum atomic E-state index is 14.2. The SMILES string of the molecule is O=C1C=C(c2ccccc2)[C@@]2(c3ccc(Cl)cc3)Oc3ccccc3[C@@]12c1ccc(Cl)cc1. The molecule has 33 heavy (non-hydrogen) atoms. The van der Waals surface area contributed by atoms with Crippen LogP contribution in [-0.2, 0) is 15.8 Å². The van der Waals surface area contributed by atoms with Gasteiger partial charge in [-0.2, -0.15) is 0 Å². The molecule has 2 aliphatic rings. The van der Waals surface area contributed by atoms with Crippen molar-refractivity contribution in [2.75, 3.05) is 0 Å². The van der Waals surface area contributed by atoms with Crippen LogP contribution in [0.2, 0.25) is 10.0 Å². The number of hydrogen-bond donors (Lipinski definition) is 0. The van der Waals surface area contributed by atoms with Gasteiger partial charge in [0.15, 0.2) is 11.4 Å². The molecule has 0 saturated heterocycles. The van der Waals surface area contributed by atoms with Gasteiger partial charge in [0, 0.05) is 26.7 Å². The first-order chi connectivity index (χ1) is 16.1. The number of fused-ring (bicyclic) bond motifs is 3. The Labute approximate surface area is 202 Å². The third-order valence-electron chi connectivity index (χ3n) is 6.72. The van der Waals surface area contributed by atoms with E-state index in [2.05, 4.69) is 0 Å². The molecule has 1 aliphatic carbocycles. The molecule has 4 aromatic rings. The number of rotatable bonds is 3. The van der Waals surface area contributed by atoms with E-state index in [0.29, 0.717) is 15.8 Å². The second kappa shape index (κ2) is 7.34. The Balaban J connectivity index is 1.76. The molecular formula is C29H18Cl2O2. The summed E-state index contributed by atoms with van der Waals surface area (Å²) in [7, 11) is 0. The summed E-state index contributed by atoms with van der Waals surface area (Å²) in [5, 5.41) is 1.23. The highest BCUT2D eigenvalue weighted by molar-refractivity contribution is 6.31. The Hall–Kier alpha value is -3.33. The first-order valence-corrected chi connectivity index (χ1v) is 11.5. The molecule has 1 aliphatic heterocycles. The van der Waals surface area contributed by atoms with Gasteiger partial charge in [-0.3, -0.25) is 4.79 Å². The van der Waals surface area contributed by atoms with Crippen LogP contribution in [-0.4, -0.2) is 5.78 Å². The predicted molar refractivity (Wildman–Crippen MR) is 132 cm³/mol. The molecule has 4 aromatic carbocycles. The second-order valence-electron chi connectivity index (χ2n) is 8.33. The molecule has 2 nitrogen and oxygen atoms in total. The van der Waals surface area contributed by atoms with Crippen molar-refractivity contribution in [2.45, 2.75) is 11.0 Å². The van der Waals surface area contributed by atoms with Crippen molar-refractivity contribution in [3.8, 4) is 5.75 Å². The zero-order valence-corrected chi connectivity index (χ0v) is 19.0. The Bertz CT molecular complexity index is 1410. The molecule has 4 heteroatoms. The monoisotopic (exact) mass is 468 g/mol. The molecule has 0 radical (unpaired) electrons. The first kappa shape index (κ1) is 20.3. The predicted octanol–water partition coefficient (Wildman–Crippen LogP) is 7.23. The van der Waals surface area contributed by atoms with Crippen LogP contribution in [0.4, 0.5) is 0 Å². The number of benzene rings is 4. The molecule has 0 aromatic heterocycles. The van der Waals surface area contributed by atoms with Crippen molar-refractivity contribution < 1.29 is 9.53 Å². The quantitative estimate of drug-likeness (QED) is 0.316. The van der Waals surface area contributed by atoms with Gasteiger partial charge in [-0.15, -0.1) is 0 Å². The van der Waals surface area contributed by atoms with E-state index in [0.717, 1.165) is 27.8 Å². The molecule has 0 amide bonds. The standard InChI is InChI=1S/C29H18Cl2O2/c30-22-14-10-20(11-15-22)28-24-8-4-5-9-26(24)33-29(28,21-12-16-23(31)17-13-21)25(18-27(28)32)19-6-2-1-3-7-19/h1-18H/t28-,29+/m0/s1. The van der Waals surface area contributed by atoms with Crippen molar-refractivity contribution in [3.63, 3.8) is 0 Å². The Morgan fingerprint density at radius 2 is 1.21 bits per heavy atom. The number of halogens is 2. The van der Waals surface area contributed by atoms with Crippen LogP contribution in [0.3, 0.4) is 0 Å². The van der Waals surface area contributed by atoms with E-state index in [9.17, 15) is 4.79 Å². The fraction of sp³-hybridized carbons (Fsp3) is 0.0690.